The molecule has 0 aliphatic carbocycles. The molecule has 0 bridgehead atoms. The molecule has 1 aromatic carbocycles. The minimum Gasteiger partial charge on any atom is -0.342 e. The highest BCUT2D eigenvalue weighted by atomic mass is 32.2. The van der Waals surface area contributed by atoms with Gasteiger partial charge >= 0.3 is 0 Å². The fourth-order valence-corrected chi connectivity index (χ4v) is 4.02. The first-order valence-corrected chi connectivity index (χ1v) is 9.03. The monoisotopic (exact) mass is 343 g/mol. The lowest BCUT2D eigenvalue weighted by molar-refractivity contribution is -0.135. The molecule has 1 aliphatic heterocycles. The van der Waals surface area contributed by atoms with E-state index in [1.165, 1.54) is 31.3 Å². The molecule has 8 heteroatoms. The lowest BCUT2D eigenvalue weighted by Gasteiger charge is -2.38. The third kappa shape index (κ3) is 3.70. The summed E-state index contributed by atoms with van der Waals surface area (Å²) in [4.78, 5) is 14.2. The van der Waals surface area contributed by atoms with Crippen LogP contribution in [0.4, 0.5) is 4.39 Å². The van der Waals surface area contributed by atoms with Gasteiger partial charge < -0.3 is 4.90 Å². The zero-order valence-electron chi connectivity index (χ0n) is 13.5. The van der Waals surface area contributed by atoms with Crippen LogP contribution < -0.4 is 4.72 Å². The number of carbonyl (C=O) groups is 1. The van der Waals surface area contributed by atoms with E-state index in [2.05, 4.69) is 4.72 Å². The van der Waals surface area contributed by atoms with Gasteiger partial charge in [0.1, 0.15) is 11.9 Å². The largest absolute Gasteiger partial charge is 0.342 e. The van der Waals surface area contributed by atoms with Gasteiger partial charge in [-0.3, -0.25) is 4.79 Å². The van der Waals surface area contributed by atoms with Gasteiger partial charge in [-0.15, -0.1) is 0 Å². The number of likely N-dealkylation sites (N-methyl/N-ethyl adjacent to an activating group) is 2. The SMILES string of the molecule is CCN(CC)C(=O)C1CC(c2ccc(F)cc2)NS(=O)(=O)N1C. The fraction of sp³-hybridized carbons (Fsp3) is 0.533. The van der Waals surface area contributed by atoms with Crippen molar-refractivity contribution in [2.75, 3.05) is 20.1 Å². The van der Waals surface area contributed by atoms with Crippen LogP contribution in [0.1, 0.15) is 31.9 Å². The van der Waals surface area contributed by atoms with Crippen molar-refractivity contribution in [2.45, 2.75) is 32.4 Å². The smallest absolute Gasteiger partial charge is 0.280 e. The highest BCUT2D eigenvalue weighted by molar-refractivity contribution is 7.87. The molecule has 1 amide bonds. The summed E-state index contributed by atoms with van der Waals surface area (Å²) < 4.78 is 41.3. The second-order valence-electron chi connectivity index (χ2n) is 5.51. The molecule has 1 heterocycles. The van der Waals surface area contributed by atoms with Crippen molar-refractivity contribution in [2.24, 2.45) is 0 Å². The summed E-state index contributed by atoms with van der Waals surface area (Å²) in [5, 5.41) is 0. The molecule has 1 aromatic rings. The van der Waals surface area contributed by atoms with Gasteiger partial charge in [-0.1, -0.05) is 12.1 Å². The van der Waals surface area contributed by atoms with Crippen LogP contribution in [0.25, 0.3) is 0 Å². The molecule has 2 atom stereocenters. The summed E-state index contributed by atoms with van der Waals surface area (Å²) >= 11 is 0. The molecule has 1 fully saturated rings. The number of hydrogen-bond acceptors (Lipinski definition) is 3. The standard InChI is InChI=1S/C15H22FN3O3S/c1-4-19(5-2)15(20)14-10-13(17-23(21,22)18(14)3)11-6-8-12(16)9-7-11/h6-9,13-14,17H,4-5,10H2,1-3H3. The lowest BCUT2D eigenvalue weighted by Crippen LogP contribution is -2.57. The van der Waals surface area contributed by atoms with Crippen molar-refractivity contribution in [3.8, 4) is 0 Å². The van der Waals surface area contributed by atoms with Crippen LogP contribution in [0, 0.1) is 5.82 Å². The third-order valence-corrected chi connectivity index (χ3v) is 5.80. The van der Waals surface area contributed by atoms with E-state index < -0.39 is 22.3 Å². The van der Waals surface area contributed by atoms with Crippen LogP contribution in [0.2, 0.25) is 0 Å². The molecule has 1 aliphatic rings. The van der Waals surface area contributed by atoms with E-state index in [0.29, 0.717) is 25.1 Å². The predicted octanol–water partition coefficient (Wildman–Crippen LogP) is 1.27. The zero-order chi connectivity index (χ0) is 17.2. The molecule has 6 nitrogen and oxygen atoms in total. The number of nitrogens with zero attached hydrogens (tertiary/aromatic N) is 2. The van der Waals surface area contributed by atoms with Gasteiger partial charge in [0.15, 0.2) is 0 Å². The van der Waals surface area contributed by atoms with Gasteiger partial charge in [0, 0.05) is 26.2 Å². The summed E-state index contributed by atoms with van der Waals surface area (Å²) in [6.45, 7) is 4.76. The summed E-state index contributed by atoms with van der Waals surface area (Å²) in [6, 6.07) is 4.31. The average Bonchev–Trinajstić information content (AvgIpc) is 2.51. The van der Waals surface area contributed by atoms with Crippen LogP contribution >= 0.6 is 0 Å². The molecule has 0 radical (unpaired) electrons. The molecule has 0 saturated carbocycles. The van der Waals surface area contributed by atoms with Gasteiger partial charge in [-0.25, -0.2) is 4.39 Å². The molecule has 23 heavy (non-hydrogen) atoms. The van der Waals surface area contributed by atoms with E-state index >= 15 is 0 Å². The van der Waals surface area contributed by atoms with Crippen LogP contribution in [0.15, 0.2) is 24.3 Å². The number of halogens is 1. The van der Waals surface area contributed by atoms with Crippen LogP contribution in [0.5, 0.6) is 0 Å². The Morgan fingerprint density at radius 1 is 1.30 bits per heavy atom. The van der Waals surface area contributed by atoms with Crippen LogP contribution in [0.3, 0.4) is 0 Å². The fourth-order valence-electron chi connectivity index (χ4n) is 2.75. The van der Waals surface area contributed by atoms with E-state index in [1.807, 2.05) is 13.8 Å². The topological polar surface area (TPSA) is 69.7 Å². The van der Waals surface area contributed by atoms with E-state index in [9.17, 15) is 17.6 Å². The van der Waals surface area contributed by atoms with Crippen molar-refractivity contribution in [1.82, 2.24) is 13.9 Å². The van der Waals surface area contributed by atoms with Crippen molar-refractivity contribution >= 4 is 16.1 Å². The Hall–Kier alpha value is -1.51. The third-order valence-electron chi connectivity index (χ3n) is 4.20. The Bertz CT molecular complexity index is 659. The van der Waals surface area contributed by atoms with E-state index in [1.54, 1.807) is 4.90 Å². The maximum atomic E-state index is 13.1. The van der Waals surface area contributed by atoms with Crippen LogP contribution in [-0.2, 0) is 15.0 Å². The first kappa shape index (κ1) is 17.8. The van der Waals surface area contributed by atoms with Crippen LogP contribution in [-0.4, -0.2) is 49.7 Å². The number of benzene rings is 1. The zero-order valence-corrected chi connectivity index (χ0v) is 14.3. The second kappa shape index (κ2) is 6.94. The minimum absolute atomic E-state index is 0.213. The Balaban J connectivity index is 2.32. The molecular weight excluding hydrogens is 321 g/mol. The molecule has 0 spiro atoms. The van der Waals surface area contributed by atoms with Gasteiger partial charge in [-0.2, -0.15) is 17.4 Å². The number of amides is 1. The number of nitrogens with one attached hydrogen (secondary N) is 1. The predicted molar refractivity (Wildman–Crippen MR) is 85.3 cm³/mol. The van der Waals surface area contributed by atoms with Gasteiger partial charge in [0.2, 0.25) is 5.91 Å². The quantitative estimate of drug-likeness (QED) is 0.895. The highest BCUT2D eigenvalue weighted by Crippen LogP contribution is 2.28. The molecule has 1 N–H and O–H groups in total. The van der Waals surface area contributed by atoms with E-state index in [0.717, 1.165) is 4.31 Å². The van der Waals surface area contributed by atoms with Crippen molar-refractivity contribution < 1.29 is 17.6 Å². The lowest BCUT2D eigenvalue weighted by atomic mass is 9.99. The van der Waals surface area contributed by atoms with Gasteiger partial charge in [-0.05, 0) is 38.0 Å². The molecule has 128 valence electrons. The first-order chi connectivity index (χ1) is 10.8. The second-order valence-corrected chi connectivity index (χ2v) is 7.27. The van der Waals surface area contributed by atoms with Gasteiger partial charge in [0.05, 0.1) is 0 Å². The highest BCUT2D eigenvalue weighted by Gasteiger charge is 2.41. The van der Waals surface area contributed by atoms with E-state index in [-0.39, 0.29) is 11.7 Å². The normalized spacial score (nSPS) is 24.3. The summed E-state index contributed by atoms with van der Waals surface area (Å²) in [6.07, 6.45) is 0.302. The number of carbonyl (C=O) groups excluding carboxylic acids is 1. The van der Waals surface area contributed by atoms with E-state index in [4.69, 9.17) is 0 Å². The Labute approximate surface area is 136 Å². The summed E-state index contributed by atoms with van der Waals surface area (Å²) in [7, 11) is -2.37. The molecule has 0 aromatic heterocycles. The Morgan fingerprint density at radius 3 is 2.39 bits per heavy atom. The Kier molecular flexibility index (Phi) is 5.38. The number of hydrogen-bond donors (Lipinski definition) is 1. The first-order valence-electron chi connectivity index (χ1n) is 7.59. The Morgan fingerprint density at radius 2 is 1.87 bits per heavy atom. The minimum atomic E-state index is -3.77. The molecule has 1 saturated heterocycles. The van der Waals surface area contributed by atoms with Crippen molar-refractivity contribution in [1.29, 1.82) is 0 Å². The maximum Gasteiger partial charge on any atom is 0.280 e. The average molecular weight is 343 g/mol. The maximum absolute atomic E-state index is 13.1. The summed E-state index contributed by atoms with van der Waals surface area (Å²) in [5.74, 6) is -0.602. The van der Waals surface area contributed by atoms with Crippen molar-refractivity contribution in [3.63, 3.8) is 0 Å². The summed E-state index contributed by atoms with van der Waals surface area (Å²) in [5.41, 5.74) is 0.639. The number of rotatable bonds is 4. The molecular formula is C15H22FN3O3S. The molecule has 2 rings (SSSR count). The van der Waals surface area contributed by atoms with Crippen molar-refractivity contribution in [3.05, 3.63) is 35.6 Å². The van der Waals surface area contributed by atoms with Gasteiger partial charge in [0.25, 0.3) is 10.2 Å². The molecule has 2 unspecified atom stereocenters.